The number of phenolic OH excluding ortho intramolecular Hbond substituents is 1. The van der Waals surface area contributed by atoms with E-state index in [4.69, 9.17) is 9.05 Å². The predicted octanol–water partition coefficient (Wildman–Crippen LogP) is 3.22. The quantitative estimate of drug-likeness (QED) is 0.239. The molecule has 0 radical (unpaired) electrons. The Labute approximate surface area is 177 Å². The van der Waals surface area contributed by atoms with Gasteiger partial charge in [-0.3, -0.25) is 13.8 Å². The largest absolute Gasteiger partial charge is 0.508 e. The van der Waals surface area contributed by atoms with Crippen LogP contribution in [-0.2, 0) is 29.6 Å². The molecule has 1 aromatic carbocycles. The van der Waals surface area contributed by atoms with E-state index in [0.29, 0.717) is 18.4 Å². The molecule has 0 aliphatic rings. The minimum atomic E-state index is -3.71. The minimum absolute atomic E-state index is 0.0335. The number of nitrogens with one attached hydrogen (secondary N) is 2. The summed E-state index contributed by atoms with van der Waals surface area (Å²) in [6.45, 7) is 5.85. The number of carboxylic acids is 1. The van der Waals surface area contributed by atoms with Crippen LogP contribution in [0, 0.1) is 0 Å². The number of carbonyl (C=O) groups is 2. The van der Waals surface area contributed by atoms with E-state index in [1.807, 2.05) is 13.8 Å². The van der Waals surface area contributed by atoms with Gasteiger partial charge in [0.2, 0.25) is 5.91 Å². The number of rotatable bonds is 15. The van der Waals surface area contributed by atoms with E-state index in [9.17, 15) is 24.4 Å². The van der Waals surface area contributed by atoms with Gasteiger partial charge in [0.25, 0.3) is 0 Å². The molecule has 0 aliphatic heterocycles. The fourth-order valence-corrected chi connectivity index (χ4v) is 3.98. The summed E-state index contributed by atoms with van der Waals surface area (Å²) in [5, 5.41) is 23.8. The SMILES string of the molecule is CCCCOP(=O)(N[C@@H](C)C(=O)N[C@@H](Cc1ccc(O)cc1)C(=O)O)OCCCC. The molecule has 1 aromatic rings. The van der Waals surface area contributed by atoms with Crippen molar-refractivity contribution in [1.29, 1.82) is 0 Å². The highest BCUT2D eigenvalue weighted by Crippen LogP contribution is 2.44. The number of benzene rings is 1. The Hall–Kier alpha value is -1.93. The van der Waals surface area contributed by atoms with Gasteiger partial charge in [-0.05, 0) is 37.5 Å². The Balaban J connectivity index is 2.75. The average Bonchev–Trinajstić information content (AvgIpc) is 2.69. The summed E-state index contributed by atoms with van der Waals surface area (Å²) in [7, 11) is -3.71. The monoisotopic (exact) mass is 444 g/mol. The molecule has 0 aliphatic carbocycles. The predicted molar refractivity (Wildman–Crippen MR) is 113 cm³/mol. The number of unbranched alkanes of at least 4 members (excludes halogenated alkanes) is 2. The topological polar surface area (TPSA) is 134 Å². The van der Waals surface area contributed by atoms with Crippen molar-refractivity contribution in [2.75, 3.05) is 13.2 Å². The first kappa shape index (κ1) is 26.1. The Bertz CT molecular complexity index is 698. The maximum absolute atomic E-state index is 12.9. The van der Waals surface area contributed by atoms with Crippen LogP contribution in [0.3, 0.4) is 0 Å². The lowest BCUT2D eigenvalue weighted by molar-refractivity contribution is -0.142. The molecule has 170 valence electrons. The Morgan fingerprint density at radius 2 is 1.60 bits per heavy atom. The molecule has 2 atom stereocenters. The smallest absolute Gasteiger partial charge is 0.406 e. The normalized spacial score (nSPS) is 13.6. The fraction of sp³-hybridized carbons (Fsp3) is 0.600. The highest BCUT2D eigenvalue weighted by Gasteiger charge is 2.31. The van der Waals surface area contributed by atoms with Gasteiger partial charge in [0, 0.05) is 6.42 Å². The van der Waals surface area contributed by atoms with Gasteiger partial charge in [-0.25, -0.2) is 14.4 Å². The second kappa shape index (κ2) is 13.4. The zero-order chi connectivity index (χ0) is 22.6. The molecule has 9 nitrogen and oxygen atoms in total. The summed E-state index contributed by atoms with van der Waals surface area (Å²) < 4.78 is 23.7. The van der Waals surface area contributed by atoms with Crippen LogP contribution in [0.15, 0.2) is 24.3 Å². The van der Waals surface area contributed by atoms with E-state index >= 15 is 0 Å². The van der Waals surface area contributed by atoms with Gasteiger partial charge in [-0.15, -0.1) is 0 Å². The zero-order valence-corrected chi connectivity index (χ0v) is 18.7. The van der Waals surface area contributed by atoms with E-state index < -0.39 is 31.7 Å². The molecule has 1 amide bonds. The van der Waals surface area contributed by atoms with Crippen molar-refractivity contribution in [3.8, 4) is 5.75 Å². The molecule has 0 saturated carbocycles. The highest BCUT2D eigenvalue weighted by atomic mass is 31.2. The van der Waals surface area contributed by atoms with Crippen LogP contribution in [0.2, 0.25) is 0 Å². The minimum Gasteiger partial charge on any atom is -0.508 e. The van der Waals surface area contributed by atoms with Crippen LogP contribution in [-0.4, -0.2) is 47.4 Å². The van der Waals surface area contributed by atoms with E-state index in [1.165, 1.54) is 19.1 Å². The Morgan fingerprint density at radius 3 is 2.07 bits per heavy atom. The van der Waals surface area contributed by atoms with Crippen molar-refractivity contribution in [2.45, 2.75) is 65.0 Å². The number of carbonyl (C=O) groups excluding carboxylic acids is 1. The molecule has 4 N–H and O–H groups in total. The molecule has 1 rings (SSSR count). The molecule has 0 fully saturated rings. The van der Waals surface area contributed by atoms with E-state index in [2.05, 4.69) is 10.4 Å². The second-order valence-electron chi connectivity index (χ2n) is 6.99. The van der Waals surface area contributed by atoms with E-state index in [0.717, 1.165) is 12.8 Å². The van der Waals surface area contributed by atoms with Gasteiger partial charge in [0.15, 0.2) is 0 Å². The van der Waals surface area contributed by atoms with Crippen molar-refractivity contribution in [2.24, 2.45) is 0 Å². The van der Waals surface area contributed by atoms with Gasteiger partial charge < -0.3 is 15.5 Å². The Morgan fingerprint density at radius 1 is 1.07 bits per heavy atom. The lowest BCUT2D eigenvalue weighted by atomic mass is 10.1. The van der Waals surface area contributed by atoms with Gasteiger partial charge in [0.05, 0.1) is 19.3 Å². The zero-order valence-electron chi connectivity index (χ0n) is 17.8. The fourth-order valence-electron chi connectivity index (χ4n) is 2.43. The molecule has 0 unspecified atom stereocenters. The molecule has 30 heavy (non-hydrogen) atoms. The molecule has 10 heteroatoms. The number of hydrogen-bond acceptors (Lipinski definition) is 6. The van der Waals surface area contributed by atoms with Crippen molar-refractivity contribution in [3.63, 3.8) is 0 Å². The number of aromatic hydroxyl groups is 1. The van der Waals surface area contributed by atoms with Crippen LogP contribution in [0.25, 0.3) is 0 Å². The lowest BCUT2D eigenvalue weighted by Crippen LogP contribution is -2.49. The van der Waals surface area contributed by atoms with Crippen LogP contribution < -0.4 is 10.4 Å². The van der Waals surface area contributed by atoms with Gasteiger partial charge in [-0.1, -0.05) is 38.8 Å². The maximum atomic E-state index is 12.9. The van der Waals surface area contributed by atoms with Gasteiger partial charge in [0.1, 0.15) is 11.8 Å². The van der Waals surface area contributed by atoms with Crippen molar-refractivity contribution >= 4 is 19.6 Å². The number of phenols is 1. The van der Waals surface area contributed by atoms with Crippen LogP contribution in [0.5, 0.6) is 5.75 Å². The first-order valence-corrected chi connectivity index (χ1v) is 11.7. The molecular formula is C20H33N2O7P. The molecule has 0 spiro atoms. The maximum Gasteiger partial charge on any atom is 0.406 e. The summed E-state index contributed by atoms with van der Waals surface area (Å²) in [5.41, 5.74) is 0.637. The summed E-state index contributed by atoms with van der Waals surface area (Å²) >= 11 is 0. The van der Waals surface area contributed by atoms with Crippen molar-refractivity contribution in [1.82, 2.24) is 10.4 Å². The molecule has 0 bridgehead atoms. The number of hydrogen-bond donors (Lipinski definition) is 4. The van der Waals surface area contributed by atoms with Crippen LogP contribution in [0.4, 0.5) is 0 Å². The summed E-state index contributed by atoms with van der Waals surface area (Å²) in [5.74, 6) is -1.78. The van der Waals surface area contributed by atoms with Gasteiger partial charge >= 0.3 is 13.7 Å². The third kappa shape index (κ3) is 9.71. The first-order chi connectivity index (χ1) is 14.2. The van der Waals surface area contributed by atoms with Crippen LogP contribution >= 0.6 is 7.75 Å². The Kier molecular flexibility index (Phi) is 11.7. The standard InChI is InChI=1S/C20H33N2O7P/c1-4-6-12-28-30(27,29-13-7-5-2)22-15(3)19(24)21-18(20(25)26)14-16-8-10-17(23)11-9-16/h8-11,15,18,23H,4-7,12-14H2,1-3H3,(H,21,24)(H,22,27)(H,25,26)/t15-,18-/m0/s1. The van der Waals surface area contributed by atoms with Crippen molar-refractivity contribution in [3.05, 3.63) is 29.8 Å². The summed E-state index contributed by atoms with van der Waals surface area (Å²) in [6, 6.07) is 3.86. The second-order valence-corrected chi connectivity index (χ2v) is 8.76. The average molecular weight is 444 g/mol. The molecule has 0 aromatic heterocycles. The molecule has 0 heterocycles. The van der Waals surface area contributed by atoms with Gasteiger partial charge in [-0.2, -0.15) is 0 Å². The van der Waals surface area contributed by atoms with Crippen LogP contribution in [0.1, 0.15) is 52.0 Å². The third-order valence-corrected chi connectivity index (χ3v) is 6.00. The molecule has 0 saturated heterocycles. The number of carboxylic acid groups (broad SMARTS) is 1. The number of amides is 1. The van der Waals surface area contributed by atoms with E-state index in [1.54, 1.807) is 12.1 Å². The molecular weight excluding hydrogens is 411 g/mol. The lowest BCUT2D eigenvalue weighted by Gasteiger charge is -2.24. The third-order valence-electron chi connectivity index (χ3n) is 4.25. The van der Waals surface area contributed by atoms with Crippen molar-refractivity contribution < 1.29 is 33.4 Å². The van der Waals surface area contributed by atoms with E-state index in [-0.39, 0.29) is 25.4 Å². The highest BCUT2D eigenvalue weighted by molar-refractivity contribution is 7.51. The summed E-state index contributed by atoms with van der Waals surface area (Å²) in [6.07, 6.45) is 3.12. The summed E-state index contributed by atoms with van der Waals surface area (Å²) in [4.78, 5) is 24.1. The first-order valence-electron chi connectivity index (χ1n) is 10.2. The number of aliphatic carboxylic acids is 1.